The van der Waals surface area contributed by atoms with Crippen molar-refractivity contribution < 1.29 is 13.2 Å². The van der Waals surface area contributed by atoms with Crippen molar-refractivity contribution in [2.75, 3.05) is 30.3 Å². The fourth-order valence-corrected chi connectivity index (χ4v) is 3.69. The number of rotatable bonds is 1. The first-order valence-electron chi connectivity index (χ1n) is 5.94. The Balaban J connectivity index is 2.20. The molecule has 1 aromatic rings. The number of amides is 1. The highest BCUT2D eigenvalue weighted by Crippen LogP contribution is 2.20. The van der Waals surface area contributed by atoms with E-state index in [0.717, 1.165) is 4.47 Å². The van der Waals surface area contributed by atoms with Gasteiger partial charge in [-0.3, -0.25) is 4.79 Å². The van der Waals surface area contributed by atoms with Gasteiger partial charge >= 0.3 is 0 Å². The fraction of sp³-hybridized carbons (Fsp3) is 0.417. The molecule has 1 heterocycles. The van der Waals surface area contributed by atoms with Crippen LogP contribution in [-0.2, 0) is 9.84 Å². The Morgan fingerprint density at radius 3 is 2.68 bits per heavy atom. The number of carbonyl (C=O) groups is 1. The summed E-state index contributed by atoms with van der Waals surface area (Å²) in [5.41, 5.74) is 6.64. The van der Waals surface area contributed by atoms with Gasteiger partial charge in [-0.05, 0) is 24.6 Å². The molecule has 2 N–H and O–H groups in total. The molecule has 0 aliphatic carbocycles. The molecule has 7 heteroatoms. The van der Waals surface area contributed by atoms with E-state index in [2.05, 4.69) is 15.9 Å². The van der Waals surface area contributed by atoms with Crippen LogP contribution in [0, 0.1) is 0 Å². The van der Waals surface area contributed by atoms with Crippen LogP contribution in [0.25, 0.3) is 0 Å². The highest BCUT2D eigenvalue weighted by atomic mass is 79.9. The standard InChI is InChI=1S/C12H15BrN2O3S/c13-9-2-3-10(11(14)8-9)12(16)15-4-1-6-19(17,18)7-5-15/h2-3,8H,1,4-7,14H2. The van der Waals surface area contributed by atoms with Crippen LogP contribution < -0.4 is 5.73 Å². The smallest absolute Gasteiger partial charge is 0.255 e. The molecule has 1 aliphatic heterocycles. The molecular weight excluding hydrogens is 332 g/mol. The molecule has 0 aromatic heterocycles. The summed E-state index contributed by atoms with van der Waals surface area (Å²) in [6, 6.07) is 5.07. The Hall–Kier alpha value is -1.08. The van der Waals surface area contributed by atoms with Gasteiger partial charge in [0.05, 0.1) is 17.1 Å². The van der Waals surface area contributed by atoms with E-state index < -0.39 is 9.84 Å². The van der Waals surface area contributed by atoms with Gasteiger partial charge in [-0.15, -0.1) is 0 Å². The molecule has 2 rings (SSSR count). The summed E-state index contributed by atoms with van der Waals surface area (Å²) in [6.45, 7) is 0.685. The third-order valence-corrected chi connectivity index (χ3v) is 5.30. The van der Waals surface area contributed by atoms with Crippen LogP contribution in [0.1, 0.15) is 16.8 Å². The maximum atomic E-state index is 12.3. The molecular formula is C12H15BrN2O3S. The summed E-state index contributed by atoms with van der Waals surface area (Å²) in [6.07, 6.45) is 0.477. The highest BCUT2D eigenvalue weighted by molar-refractivity contribution is 9.10. The predicted octanol–water partition coefficient (Wildman–Crippen LogP) is 1.29. The van der Waals surface area contributed by atoms with E-state index in [9.17, 15) is 13.2 Å². The van der Waals surface area contributed by atoms with E-state index in [1.807, 2.05) is 0 Å². The number of carbonyl (C=O) groups excluding carboxylic acids is 1. The van der Waals surface area contributed by atoms with Crippen LogP contribution in [0.5, 0.6) is 0 Å². The molecule has 0 spiro atoms. The molecule has 0 bridgehead atoms. The number of hydrogen-bond acceptors (Lipinski definition) is 4. The van der Waals surface area contributed by atoms with Gasteiger partial charge in [0.2, 0.25) is 0 Å². The number of benzene rings is 1. The Labute approximate surface area is 120 Å². The minimum Gasteiger partial charge on any atom is -0.398 e. The zero-order valence-electron chi connectivity index (χ0n) is 10.3. The minimum absolute atomic E-state index is 0.0230. The summed E-state index contributed by atoms with van der Waals surface area (Å²) in [4.78, 5) is 13.9. The van der Waals surface area contributed by atoms with Crippen LogP contribution in [0.4, 0.5) is 5.69 Å². The van der Waals surface area contributed by atoms with Crippen LogP contribution in [0.3, 0.4) is 0 Å². The number of nitrogen functional groups attached to an aromatic ring is 1. The molecule has 104 valence electrons. The van der Waals surface area contributed by atoms with E-state index >= 15 is 0 Å². The predicted molar refractivity (Wildman–Crippen MR) is 77.7 cm³/mol. The summed E-state index contributed by atoms with van der Waals surface area (Å²) < 4.78 is 23.8. The van der Waals surface area contributed by atoms with E-state index in [4.69, 9.17) is 5.73 Å². The lowest BCUT2D eigenvalue weighted by Gasteiger charge is -2.20. The normalized spacial score (nSPS) is 18.9. The van der Waals surface area contributed by atoms with Crippen LogP contribution in [-0.4, -0.2) is 43.8 Å². The van der Waals surface area contributed by atoms with E-state index in [1.165, 1.54) is 0 Å². The first-order valence-corrected chi connectivity index (χ1v) is 8.55. The Morgan fingerprint density at radius 2 is 2.00 bits per heavy atom. The lowest BCUT2D eigenvalue weighted by Crippen LogP contribution is -2.34. The second-order valence-electron chi connectivity index (χ2n) is 4.53. The quantitative estimate of drug-likeness (QED) is 0.777. The lowest BCUT2D eigenvalue weighted by molar-refractivity contribution is 0.0769. The van der Waals surface area contributed by atoms with Crippen LogP contribution in [0.2, 0.25) is 0 Å². The maximum absolute atomic E-state index is 12.3. The van der Waals surface area contributed by atoms with Gasteiger partial charge in [0.15, 0.2) is 9.84 Å². The number of halogens is 1. The summed E-state index contributed by atoms with van der Waals surface area (Å²) in [5.74, 6) is -0.0380. The van der Waals surface area contributed by atoms with E-state index in [-0.39, 0.29) is 24.0 Å². The molecule has 1 fully saturated rings. The highest BCUT2D eigenvalue weighted by Gasteiger charge is 2.24. The van der Waals surface area contributed by atoms with Crippen molar-refractivity contribution in [3.8, 4) is 0 Å². The molecule has 0 unspecified atom stereocenters. The second-order valence-corrected chi connectivity index (χ2v) is 7.75. The zero-order chi connectivity index (χ0) is 14.0. The maximum Gasteiger partial charge on any atom is 0.255 e. The van der Waals surface area contributed by atoms with E-state index in [0.29, 0.717) is 24.2 Å². The van der Waals surface area contributed by atoms with Gasteiger partial charge < -0.3 is 10.6 Å². The average Bonchev–Trinajstić information content (AvgIpc) is 2.49. The van der Waals surface area contributed by atoms with Crippen molar-refractivity contribution in [3.05, 3.63) is 28.2 Å². The van der Waals surface area contributed by atoms with E-state index in [1.54, 1.807) is 23.1 Å². The van der Waals surface area contributed by atoms with Crippen molar-refractivity contribution in [1.82, 2.24) is 4.90 Å². The number of nitrogens with two attached hydrogens (primary N) is 1. The van der Waals surface area contributed by atoms with Gasteiger partial charge in [0.1, 0.15) is 0 Å². The molecule has 19 heavy (non-hydrogen) atoms. The number of hydrogen-bond donors (Lipinski definition) is 1. The molecule has 1 amide bonds. The first kappa shape index (κ1) is 14.3. The summed E-state index contributed by atoms with van der Waals surface area (Å²) in [5, 5.41) is 0. The SMILES string of the molecule is Nc1cc(Br)ccc1C(=O)N1CCCS(=O)(=O)CC1. The first-order chi connectivity index (χ1) is 8.89. The average molecular weight is 347 g/mol. The van der Waals surface area contributed by atoms with Crippen molar-refractivity contribution >= 4 is 37.4 Å². The Bertz CT molecular complexity index is 601. The number of anilines is 1. The topological polar surface area (TPSA) is 80.5 Å². The third-order valence-electron chi connectivity index (χ3n) is 3.09. The lowest BCUT2D eigenvalue weighted by atomic mass is 10.1. The van der Waals surface area contributed by atoms with Gasteiger partial charge in [-0.25, -0.2) is 8.42 Å². The second kappa shape index (κ2) is 5.50. The van der Waals surface area contributed by atoms with Crippen LogP contribution in [0.15, 0.2) is 22.7 Å². The molecule has 0 atom stereocenters. The molecule has 0 saturated carbocycles. The number of sulfone groups is 1. The van der Waals surface area contributed by atoms with Crippen molar-refractivity contribution in [2.45, 2.75) is 6.42 Å². The third kappa shape index (κ3) is 3.48. The fourth-order valence-electron chi connectivity index (χ4n) is 2.04. The van der Waals surface area contributed by atoms with Gasteiger partial charge in [-0.1, -0.05) is 15.9 Å². The van der Waals surface area contributed by atoms with Gasteiger partial charge in [0, 0.05) is 23.2 Å². The summed E-state index contributed by atoms with van der Waals surface area (Å²) >= 11 is 3.28. The molecule has 1 saturated heterocycles. The minimum atomic E-state index is -3.02. The Kier molecular flexibility index (Phi) is 4.15. The molecule has 5 nitrogen and oxygen atoms in total. The molecule has 1 aliphatic rings. The van der Waals surface area contributed by atoms with Gasteiger partial charge in [0.25, 0.3) is 5.91 Å². The van der Waals surface area contributed by atoms with Crippen molar-refractivity contribution in [1.29, 1.82) is 0 Å². The Morgan fingerprint density at radius 1 is 1.26 bits per heavy atom. The van der Waals surface area contributed by atoms with Crippen molar-refractivity contribution in [3.63, 3.8) is 0 Å². The van der Waals surface area contributed by atoms with Crippen molar-refractivity contribution in [2.24, 2.45) is 0 Å². The number of nitrogens with zero attached hydrogens (tertiary/aromatic N) is 1. The molecule has 0 radical (unpaired) electrons. The molecule has 1 aromatic carbocycles. The zero-order valence-corrected chi connectivity index (χ0v) is 12.7. The van der Waals surface area contributed by atoms with Gasteiger partial charge in [-0.2, -0.15) is 0 Å². The summed E-state index contributed by atoms with van der Waals surface area (Å²) in [7, 11) is -3.02. The van der Waals surface area contributed by atoms with Crippen LogP contribution >= 0.6 is 15.9 Å². The monoisotopic (exact) mass is 346 g/mol. The largest absolute Gasteiger partial charge is 0.398 e.